The van der Waals surface area contributed by atoms with Crippen molar-refractivity contribution in [2.75, 3.05) is 30.8 Å². The first-order chi connectivity index (χ1) is 18.2. The number of benzene rings is 2. The number of carboxylic acids is 1. The van der Waals surface area contributed by atoms with Crippen molar-refractivity contribution in [2.24, 2.45) is 0 Å². The van der Waals surface area contributed by atoms with E-state index in [1.54, 1.807) is 36.4 Å². The van der Waals surface area contributed by atoms with Crippen LogP contribution in [0.5, 0.6) is 5.75 Å². The summed E-state index contributed by atoms with van der Waals surface area (Å²) in [6, 6.07) is 15.2. The molecular weight excluding hydrogens is 492 g/mol. The third-order valence-corrected chi connectivity index (χ3v) is 5.58. The average Bonchev–Trinajstić information content (AvgIpc) is 3.40. The van der Waals surface area contributed by atoms with Crippen LogP contribution in [0.4, 0.5) is 16.2 Å². The summed E-state index contributed by atoms with van der Waals surface area (Å²) in [4.78, 5) is 49.9. The van der Waals surface area contributed by atoms with Crippen molar-refractivity contribution in [1.82, 2.24) is 10.2 Å². The van der Waals surface area contributed by atoms with Crippen LogP contribution in [0.15, 0.2) is 65.3 Å². The molecule has 38 heavy (non-hydrogen) atoms. The highest BCUT2D eigenvalue weighted by molar-refractivity contribution is 6.01. The van der Waals surface area contributed by atoms with E-state index in [9.17, 15) is 19.2 Å². The highest BCUT2D eigenvalue weighted by Gasteiger charge is 2.18. The van der Waals surface area contributed by atoms with Gasteiger partial charge in [0.2, 0.25) is 11.8 Å². The second-order valence-corrected chi connectivity index (χ2v) is 8.42. The normalized spacial score (nSPS) is 10.4. The molecule has 0 saturated carbocycles. The monoisotopic (exact) mass is 522 g/mol. The Balaban J connectivity index is 1.55. The lowest BCUT2D eigenvalue weighted by molar-refractivity contribution is -0.139. The second kappa shape index (κ2) is 13.5. The third-order valence-electron chi connectivity index (χ3n) is 5.58. The lowest BCUT2D eigenvalue weighted by Crippen LogP contribution is -2.41. The van der Waals surface area contributed by atoms with Gasteiger partial charge in [-0.15, -0.1) is 0 Å². The van der Waals surface area contributed by atoms with Crippen LogP contribution in [0, 0.1) is 6.92 Å². The van der Waals surface area contributed by atoms with Crippen molar-refractivity contribution in [1.29, 1.82) is 0 Å². The molecule has 0 bridgehead atoms. The van der Waals surface area contributed by atoms with Gasteiger partial charge in [0.05, 0.1) is 45.0 Å². The molecule has 0 atom stereocenters. The fourth-order valence-electron chi connectivity index (χ4n) is 3.58. The summed E-state index contributed by atoms with van der Waals surface area (Å²) in [6.07, 6.45) is 1.19. The summed E-state index contributed by atoms with van der Waals surface area (Å²) in [6.45, 7) is 1.66. The minimum atomic E-state index is -1.04. The van der Waals surface area contributed by atoms with Crippen molar-refractivity contribution >= 4 is 35.2 Å². The summed E-state index contributed by atoms with van der Waals surface area (Å²) in [5.74, 6) is -1.01. The quantitative estimate of drug-likeness (QED) is 0.285. The number of rotatable bonds is 12. The maximum atomic E-state index is 12.6. The molecular formula is C27H30N4O7. The van der Waals surface area contributed by atoms with Crippen LogP contribution in [0.3, 0.4) is 0 Å². The smallest absolute Gasteiger partial charge is 0.323 e. The molecule has 0 aliphatic rings. The van der Waals surface area contributed by atoms with Gasteiger partial charge in [-0.05, 0) is 48.4 Å². The van der Waals surface area contributed by atoms with E-state index in [1.807, 2.05) is 25.1 Å². The molecule has 0 radical (unpaired) electrons. The van der Waals surface area contributed by atoms with E-state index in [0.29, 0.717) is 28.4 Å². The minimum Gasteiger partial charge on any atom is -0.495 e. The zero-order valence-electron chi connectivity index (χ0n) is 21.2. The van der Waals surface area contributed by atoms with E-state index in [-0.39, 0.29) is 32.5 Å². The number of para-hydroxylation sites is 1. The van der Waals surface area contributed by atoms with Gasteiger partial charge in [0.15, 0.2) is 0 Å². The maximum Gasteiger partial charge on any atom is 0.323 e. The molecule has 200 valence electrons. The summed E-state index contributed by atoms with van der Waals surface area (Å²) < 4.78 is 10.6. The van der Waals surface area contributed by atoms with Gasteiger partial charge in [-0.2, -0.15) is 0 Å². The van der Waals surface area contributed by atoms with Gasteiger partial charge in [0.25, 0.3) is 0 Å². The molecule has 0 aliphatic carbocycles. The Morgan fingerprint density at radius 1 is 1.00 bits per heavy atom. The van der Waals surface area contributed by atoms with Gasteiger partial charge < -0.3 is 35.1 Å². The number of carboxylic acid groups (broad SMARTS) is 1. The molecule has 11 nitrogen and oxygen atoms in total. The number of hydrogen-bond donors (Lipinski definition) is 4. The summed E-state index contributed by atoms with van der Waals surface area (Å²) in [7, 11) is 1.45. The molecule has 0 aliphatic heterocycles. The molecule has 0 saturated heterocycles. The number of carbonyl (C=O) groups is 4. The number of anilines is 2. The van der Waals surface area contributed by atoms with E-state index in [1.165, 1.54) is 18.3 Å². The lowest BCUT2D eigenvalue weighted by Gasteiger charge is -2.21. The number of nitrogens with zero attached hydrogens (tertiary/aromatic N) is 1. The Kier molecular flexibility index (Phi) is 9.86. The highest BCUT2D eigenvalue weighted by atomic mass is 16.5. The number of ether oxygens (including phenoxy) is 1. The van der Waals surface area contributed by atoms with Crippen molar-refractivity contribution in [3.63, 3.8) is 0 Å². The molecule has 2 aromatic carbocycles. The van der Waals surface area contributed by atoms with Crippen LogP contribution < -0.4 is 20.7 Å². The number of aliphatic carboxylic acids is 1. The van der Waals surface area contributed by atoms with Crippen LogP contribution in [0.2, 0.25) is 0 Å². The van der Waals surface area contributed by atoms with Crippen molar-refractivity contribution in [3.8, 4) is 5.75 Å². The van der Waals surface area contributed by atoms with Crippen LogP contribution in [-0.4, -0.2) is 54.0 Å². The Bertz CT molecular complexity index is 1270. The van der Waals surface area contributed by atoms with Crippen LogP contribution in [-0.2, 0) is 27.3 Å². The minimum absolute atomic E-state index is 0.0200. The third kappa shape index (κ3) is 8.40. The molecule has 11 heteroatoms. The Labute approximate surface area is 219 Å². The predicted molar refractivity (Wildman–Crippen MR) is 140 cm³/mol. The van der Waals surface area contributed by atoms with Crippen LogP contribution in [0.1, 0.15) is 23.3 Å². The zero-order chi connectivity index (χ0) is 27.5. The fourth-order valence-corrected chi connectivity index (χ4v) is 3.58. The first kappa shape index (κ1) is 27.8. The summed E-state index contributed by atoms with van der Waals surface area (Å²) in [5.41, 5.74) is 2.62. The molecule has 0 unspecified atom stereocenters. The van der Waals surface area contributed by atoms with E-state index in [2.05, 4.69) is 16.0 Å². The first-order valence-electron chi connectivity index (χ1n) is 11.8. The fraction of sp³-hybridized carbons (Fsp3) is 0.259. The number of aryl methyl sites for hydroxylation is 1. The Hall–Kier alpha value is -4.80. The average molecular weight is 523 g/mol. The molecule has 3 rings (SSSR count). The highest BCUT2D eigenvalue weighted by Crippen LogP contribution is 2.26. The summed E-state index contributed by atoms with van der Waals surface area (Å²) in [5, 5.41) is 17.0. The first-order valence-corrected chi connectivity index (χ1v) is 11.8. The van der Waals surface area contributed by atoms with Crippen molar-refractivity contribution < 1.29 is 33.4 Å². The number of methoxy groups -OCH3 is 1. The molecule has 3 aromatic rings. The van der Waals surface area contributed by atoms with Gasteiger partial charge in [0, 0.05) is 12.2 Å². The lowest BCUT2D eigenvalue weighted by atomic mass is 10.1. The Morgan fingerprint density at radius 2 is 1.76 bits per heavy atom. The number of amides is 4. The van der Waals surface area contributed by atoms with Gasteiger partial charge >= 0.3 is 12.0 Å². The molecule has 0 spiro atoms. The van der Waals surface area contributed by atoms with Gasteiger partial charge in [0.1, 0.15) is 11.5 Å². The topological polar surface area (TPSA) is 150 Å². The maximum absolute atomic E-state index is 12.6. The second-order valence-electron chi connectivity index (χ2n) is 8.42. The van der Waals surface area contributed by atoms with Crippen molar-refractivity contribution in [3.05, 3.63) is 77.7 Å². The largest absolute Gasteiger partial charge is 0.495 e. The van der Waals surface area contributed by atoms with E-state index < -0.39 is 23.8 Å². The van der Waals surface area contributed by atoms with E-state index in [4.69, 9.17) is 14.3 Å². The molecule has 4 N–H and O–H groups in total. The van der Waals surface area contributed by atoms with E-state index in [0.717, 1.165) is 5.56 Å². The predicted octanol–water partition coefficient (Wildman–Crippen LogP) is 3.40. The Morgan fingerprint density at radius 3 is 2.45 bits per heavy atom. The summed E-state index contributed by atoms with van der Waals surface area (Å²) >= 11 is 0. The van der Waals surface area contributed by atoms with Gasteiger partial charge in [-0.3, -0.25) is 14.4 Å². The number of carbonyl (C=O) groups excluding carboxylic acids is 3. The van der Waals surface area contributed by atoms with Gasteiger partial charge in [-0.25, -0.2) is 4.79 Å². The molecule has 0 fully saturated rings. The van der Waals surface area contributed by atoms with E-state index >= 15 is 0 Å². The van der Waals surface area contributed by atoms with Gasteiger partial charge in [-0.1, -0.05) is 24.3 Å². The standard InChI is InChI=1S/C27H30N4O7/c1-18-6-3-4-8-21(18)29-27(36)30-22-10-9-19(14-23(22)37-2)15-24(32)28-16-25(33)31(12-11-26(34)35)17-20-7-5-13-38-20/h3-10,13-14H,11-12,15-17H2,1-2H3,(H,28,32)(H,34,35)(H2,29,30,36). The number of nitrogens with one attached hydrogen (secondary N) is 3. The number of urea groups is 1. The van der Waals surface area contributed by atoms with Crippen LogP contribution >= 0.6 is 0 Å². The zero-order valence-corrected chi connectivity index (χ0v) is 21.2. The number of hydrogen-bond acceptors (Lipinski definition) is 6. The SMILES string of the molecule is COc1cc(CC(=O)NCC(=O)N(CCC(=O)O)Cc2ccco2)ccc1NC(=O)Nc1ccccc1C. The molecule has 4 amide bonds. The molecule has 1 aromatic heterocycles. The number of furan rings is 1. The van der Waals surface area contributed by atoms with Crippen molar-refractivity contribution in [2.45, 2.75) is 26.3 Å². The van der Waals surface area contributed by atoms with Crippen LogP contribution in [0.25, 0.3) is 0 Å². The molecule has 1 heterocycles.